The second kappa shape index (κ2) is 6.49. The largest absolute Gasteiger partial charge is 0.493 e. The standard InChI is InChI=1S/C14H22O/c1-4-6-10-15-14-9-8-13(7-5-2)11-12(14)3/h8-9,11H,4-7,10H2,1-3H3. The van der Waals surface area contributed by atoms with Crippen LogP contribution in [0, 0.1) is 6.92 Å². The van der Waals surface area contributed by atoms with Gasteiger partial charge in [0, 0.05) is 0 Å². The van der Waals surface area contributed by atoms with E-state index in [1.165, 1.54) is 24.0 Å². The van der Waals surface area contributed by atoms with Crippen LogP contribution in [0.15, 0.2) is 18.2 Å². The Morgan fingerprint density at radius 2 is 1.93 bits per heavy atom. The molecule has 0 N–H and O–H groups in total. The molecule has 0 aliphatic rings. The lowest BCUT2D eigenvalue weighted by molar-refractivity contribution is 0.307. The Labute approximate surface area is 93.5 Å². The molecule has 0 spiro atoms. The van der Waals surface area contributed by atoms with Gasteiger partial charge in [-0.15, -0.1) is 0 Å². The Balaban J connectivity index is 2.58. The molecule has 84 valence electrons. The van der Waals surface area contributed by atoms with Crippen LogP contribution in [0.4, 0.5) is 0 Å². The number of unbranched alkanes of at least 4 members (excludes halogenated alkanes) is 1. The summed E-state index contributed by atoms with van der Waals surface area (Å²) in [5.41, 5.74) is 2.68. The highest BCUT2D eigenvalue weighted by molar-refractivity contribution is 5.36. The topological polar surface area (TPSA) is 9.23 Å². The van der Waals surface area contributed by atoms with Crippen LogP contribution in [0.3, 0.4) is 0 Å². The minimum Gasteiger partial charge on any atom is -0.493 e. The molecule has 1 nitrogen and oxygen atoms in total. The van der Waals surface area contributed by atoms with Crippen molar-refractivity contribution in [3.8, 4) is 5.75 Å². The van der Waals surface area contributed by atoms with Crippen LogP contribution in [0.5, 0.6) is 5.75 Å². The van der Waals surface area contributed by atoms with E-state index in [9.17, 15) is 0 Å². The van der Waals surface area contributed by atoms with Crippen molar-refractivity contribution in [1.29, 1.82) is 0 Å². The van der Waals surface area contributed by atoms with Gasteiger partial charge in [-0.2, -0.15) is 0 Å². The van der Waals surface area contributed by atoms with E-state index in [0.29, 0.717) is 0 Å². The molecule has 0 bridgehead atoms. The Hall–Kier alpha value is -0.980. The second-order valence-electron chi connectivity index (χ2n) is 4.05. The van der Waals surface area contributed by atoms with Crippen molar-refractivity contribution in [1.82, 2.24) is 0 Å². The summed E-state index contributed by atoms with van der Waals surface area (Å²) in [6, 6.07) is 6.53. The summed E-state index contributed by atoms with van der Waals surface area (Å²) >= 11 is 0. The highest BCUT2D eigenvalue weighted by Crippen LogP contribution is 2.20. The lowest BCUT2D eigenvalue weighted by atomic mass is 10.1. The third-order valence-corrected chi connectivity index (χ3v) is 2.53. The van der Waals surface area contributed by atoms with Gasteiger partial charge < -0.3 is 4.74 Å². The molecule has 0 atom stereocenters. The van der Waals surface area contributed by atoms with Crippen molar-refractivity contribution in [2.24, 2.45) is 0 Å². The molecular formula is C14H22O. The molecule has 0 heterocycles. The molecule has 0 aliphatic heterocycles. The maximum absolute atomic E-state index is 5.71. The first-order valence-electron chi connectivity index (χ1n) is 6.00. The van der Waals surface area contributed by atoms with Crippen molar-refractivity contribution >= 4 is 0 Å². The fraction of sp³-hybridized carbons (Fsp3) is 0.571. The first kappa shape index (κ1) is 12.1. The van der Waals surface area contributed by atoms with Crippen molar-refractivity contribution in [3.05, 3.63) is 29.3 Å². The zero-order chi connectivity index (χ0) is 11.1. The number of aryl methyl sites for hydroxylation is 2. The average molecular weight is 206 g/mol. The minimum atomic E-state index is 0.838. The summed E-state index contributed by atoms with van der Waals surface area (Å²) < 4.78 is 5.71. The van der Waals surface area contributed by atoms with E-state index < -0.39 is 0 Å². The molecule has 1 rings (SSSR count). The van der Waals surface area contributed by atoms with E-state index in [1.54, 1.807) is 0 Å². The van der Waals surface area contributed by atoms with E-state index in [1.807, 2.05) is 0 Å². The van der Waals surface area contributed by atoms with Gasteiger partial charge in [-0.3, -0.25) is 0 Å². The summed E-state index contributed by atoms with van der Waals surface area (Å²) in [6.45, 7) is 7.35. The quantitative estimate of drug-likeness (QED) is 0.636. The van der Waals surface area contributed by atoms with Crippen molar-refractivity contribution < 1.29 is 4.74 Å². The van der Waals surface area contributed by atoms with E-state index in [-0.39, 0.29) is 0 Å². The Kier molecular flexibility index (Phi) is 5.23. The molecule has 0 aromatic heterocycles. The molecule has 0 fully saturated rings. The number of ether oxygens (including phenoxy) is 1. The molecule has 1 aromatic carbocycles. The zero-order valence-corrected chi connectivity index (χ0v) is 10.2. The average Bonchev–Trinajstić information content (AvgIpc) is 2.22. The first-order chi connectivity index (χ1) is 7.27. The molecular weight excluding hydrogens is 184 g/mol. The Bertz CT molecular complexity index is 291. The van der Waals surface area contributed by atoms with Crippen LogP contribution < -0.4 is 4.74 Å². The van der Waals surface area contributed by atoms with Crippen LogP contribution in [0.25, 0.3) is 0 Å². The van der Waals surface area contributed by atoms with Gasteiger partial charge in [-0.05, 0) is 37.0 Å². The number of benzene rings is 1. The molecule has 0 radical (unpaired) electrons. The summed E-state index contributed by atoms with van der Waals surface area (Å²) in [5.74, 6) is 1.04. The molecule has 0 aliphatic carbocycles. The minimum absolute atomic E-state index is 0.838. The summed E-state index contributed by atoms with van der Waals surface area (Å²) in [5, 5.41) is 0. The number of hydrogen-bond acceptors (Lipinski definition) is 1. The third kappa shape index (κ3) is 3.94. The van der Waals surface area contributed by atoms with E-state index in [4.69, 9.17) is 4.74 Å². The van der Waals surface area contributed by atoms with Gasteiger partial charge in [0.2, 0.25) is 0 Å². The van der Waals surface area contributed by atoms with Crippen LogP contribution >= 0.6 is 0 Å². The van der Waals surface area contributed by atoms with Crippen LogP contribution in [0.1, 0.15) is 44.2 Å². The molecule has 0 unspecified atom stereocenters. The normalized spacial score (nSPS) is 10.3. The molecule has 0 saturated heterocycles. The Morgan fingerprint density at radius 1 is 1.13 bits per heavy atom. The summed E-state index contributed by atoms with van der Waals surface area (Å²) in [7, 11) is 0. The fourth-order valence-electron chi connectivity index (χ4n) is 1.64. The van der Waals surface area contributed by atoms with Gasteiger partial charge in [0.1, 0.15) is 5.75 Å². The summed E-state index contributed by atoms with van der Waals surface area (Å²) in [6.07, 6.45) is 4.69. The molecule has 0 amide bonds. The van der Waals surface area contributed by atoms with Gasteiger partial charge >= 0.3 is 0 Å². The molecule has 1 heteroatoms. The van der Waals surface area contributed by atoms with Gasteiger partial charge in [-0.25, -0.2) is 0 Å². The lowest BCUT2D eigenvalue weighted by Gasteiger charge is -2.09. The molecule has 1 aromatic rings. The van der Waals surface area contributed by atoms with E-state index in [2.05, 4.69) is 39.0 Å². The zero-order valence-electron chi connectivity index (χ0n) is 10.2. The first-order valence-corrected chi connectivity index (χ1v) is 6.00. The Morgan fingerprint density at radius 3 is 2.53 bits per heavy atom. The van der Waals surface area contributed by atoms with Gasteiger partial charge in [-0.1, -0.05) is 38.8 Å². The second-order valence-corrected chi connectivity index (χ2v) is 4.05. The monoisotopic (exact) mass is 206 g/mol. The smallest absolute Gasteiger partial charge is 0.122 e. The van der Waals surface area contributed by atoms with Crippen LogP contribution in [-0.2, 0) is 6.42 Å². The van der Waals surface area contributed by atoms with Crippen LogP contribution in [-0.4, -0.2) is 6.61 Å². The van der Waals surface area contributed by atoms with Crippen LogP contribution in [0.2, 0.25) is 0 Å². The van der Waals surface area contributed by atoms with Gasteiger partial charge in [0.25, 0.3) is 0 Å². The number of hydrogen-bond donors (Lipinski definition) is 0. The van der Waals surface area contributed by atoms with E-state index >= 15 is 0 Å². The van der Waals surface area contributed by atoms with E-state index in [0.717, 1.165) is 25.2 Å². The van der Waals surface area contributed by atoms with Crippen molar-refractivity contribution in [3.63, 3.8) is 0 Å². The predicted molar refractivity (Wildman–Crippen MR) is 65.6 cm³/mol. The lowest BCUT2D eigenvalue weighted by Crippen LogP contribution is -1.98. The third-order valence-electron chi connectivity index (χ3n) is 2.53. The predicted octanol–water partition coefficient (Wildman–Crippen LogP) is 4.13. The van der Waals surface area contributed by atoms with Crippen molar-refractivity contribution in [2.75, 3.05) is 6.61 Å². The maximum Gasteiger partial charge on any atom is 0.122 e. The molecule has 0 saturated carbocycles. The number of rotatable bonds is 6. The SMILES string of the molecule is CCCCOc1ccc(CCC)cc1C. The molecule has 15 heavy (non-hydrogen) atoms. The highest BCUT2D eigenvalue weighted by atomic mass is 16.5. The van der Waals surface area contributed by atoms with Gasteiger partial charge in [0.15, 0.2) is 0 Å². The van der Waals surface area contributed by atoms with Gasteiger partial charge in [0.05, 0.1) is 6.61 Å². The fourth-order valence-corrected chi connectivity index (χ4v) is 1.64. The maximum atomic E-state index is 5.71. The van der Waals surface area contributed by atoms with Crippen molar-refractivity contribution in [2.45, 2.75) is 46.5 Å². The summed E-state index contributed by atoms with van der Waals surface area (Å²) in [4.78, 5) is 0. The highest BCUT2D eigenvalue weighted by Gasteiger charge is 2.00.